The minimum absolute atomic E-state index is 0.280. The molecular weight excluding hydrogens is 311 g/mol. The van der Waals surface area contributed by atoms with Crippen molar-refractivity contribution in [3.63, 3.8) is 0 Å². The van der Waals surface area contributed by atoms with Crippen LogP contribution in [0.2, 0.25) is 10.0 Å². The summed E-state index contributed by atoms with van der Waals surface area (Å²) in [7, 11) is 0. The number of benzene rings is 1. The van der Waals surface area contributed by atoms with Gasteiger partial charge in [-0.25, -0.2) is 0 Å². The van der Waals surface area contributed by atoms with Crippen LogP contribution in [0.3, 0.4) is 0 Å². The van der Waals surface area contributed by atoms with Gasteiger partial charge >= 0.3 is 0 Å². The van der Waals surface area contributed by atoms with E-state index in [1.165, 1.54) is 12.8 Å². The minimum atomic E-state index is -0.474. The van der Waals surface area contributed by atoms with Crippen molar-refractivity contribution in [1.82, 2.24) is 5.32 Å². The van der Waals surface area contributed by atoms with Crippen LogP contribution < -0.4 is 5.32 Å². The predicted molar refractivity (Wildman–Crippen MR) is 86.6 cm³/mol. The first kappa shape index (κ1) is 16.0. The van der Waals surface area contributed by atoms with Gasteiger partial charge < -0.3 is 0 Å². The summed E-state index contributed by atoms with van der Waals surface area (Å²) in [5.74, 6) is 0. The fourth-order valence-electron chi connectivity index (χ4n) is 2.22. The Hall–Kier alpha value is -0.400. The molecule has 0 bridgehead atoms. The van der Waals surface area contributed by atoms with Gasteiger partial charge in [0.25, 0.3) is 0 Å². The Labute approximate surface area is 134 Å². The van der Waals surface area contributed by atoms with Gasteiger partial charge in [0.2, 0.25) is 0 Å². The van der Waals surface area contributed by atoms with Crippen LogP contribution in [0.5, 0.6) is 0 Å². The highest BCUT2D eigenvalue weighted by atomic mass is 35.5. The Balaban J connectivity index is 1.98. The zero-order valence-electron chi connectivity index (χ0n) is 11.6. The van der Waals surface area contributed by atoms with E-state index in [0.717, 1.165) is 11.3 Å². The van der Waals surface area contributed by atoms with Gasteiger partial charge in [-0.3, -0.25) is 5.32 Å². The van der Waals surface area contributed by atoms with Crippen molar-refractivity contribution >= 4 is 35.0 Å². The molecular formula is C15H18Cl2N2S. The lowest BCUT2D eigenvalue weighted by Gasteiger charge is -2.26. The van der Waals surface area contributed by atoms with E-state index in [4.69, 9.17) is 23.2 Å². The van der Waals surface area contributed by atoms with Crippen molar-refractivity contribution in [2.24, 2.45) is 0 Å². The summed E-state index contributed by atoms with van der Waals surface area (Å²) < 4.78 is 0. The molecule has 0 aliphatic heterocycles. The summed E-state index contributed by atoms with van der Waals surface area (Å²) in [6, 6.07) is 8.40. The molecule has 1 aromatic carbocycles. The SMILES string of the molecule is CC(CC(C)(C#N)NC1CC1)Sc1cc(Cl)ccc1Cl. The molecule has 1 aliphatic carbocycles. The molecule has 0 heterocycles. The lowest BCUT2D eigenvalue weighted by Crippen LogP contribution is -2.44. The maximum absolute atomic E-state index is 9.41. The van der Waals surface area contributed by atoms with Gasteiger partial charge in [0.1, 0.15) is 5.54 Å². The molecule has 1 N–H and O–H groups in total. The van der Waals surface area contributed by atoms with Gasteiger partial charge in [-0.1, -0.05) is 30.1 Å². The van der Waals surface area contributed by atoms with E-state index in [9.17, 15) is 5.26 Å². The Morgan fingerprint density at radius 1 is 1.50 bits per heavy atom. The van der Waals surface area contributed by atoms with Crippen molar-refractivity contribution < 1.29 is 0 Å². The summed E-state index contributed by atoms with van der Waals surface area (Å²) in [6.45, 7) is 4.09. The van der Waals surface area contributed by atoms with Gasteiger partial charge in [0.15, 0.2) is 0 Å². The number of nitrogens with zero attached hydrogens (tertiary/aromatic N) is 1. The van der Waals surface area contributed by atoms with E-state index >= 15 is 0 Å². The Morgan fingerprint density at radius 2 is 2.20 bits per heavy atom. The molecule has 0 saturated heterocycles. The second-order valence-electron chi connectivity index (χ2n) is 5.57. The Bertz CT molecular complexity index is 525. The van der Waals surface area contributed by atoms with Crippen LogP contribution in [-0.4, -0.2) is 16.8 Å². The highest BCUT2D eigenvalue weighted by Gasteiger charge is 2.33. The molecule has 2 unspecified atom stereocenters. The van der Waals surface area contributed by atoms with Gasteiger partial charge in [0, 0.05) is 21.2 Å². The molecule has 1 fully saturated rings. The maximum Gasteiger partial charge on any atom is 0.105 e. The normalized spacial score (nSPS) is 19.1. The monoisotopic (exact) mass is 328 g/mol. The third-order valence-electron chi connectivity index (χ3n) is 3.26. The van der Waals surface area contributed by atoms with Crippen LogP contribution in [-0.2, 0) is 0 Å². The van der Waals surface area contributed by atoms with Crippen LogP contribution in [0.4, 0.5) is 0 Å². The molecule has 20 heavy (non-hydrogen) atoms. The number of thioether (sulfide) groups is 1. The van der Waals surface area contributed by atoms with Gasteiger partial charge in [-0.2, -0.15) is 5.26 Å². The first-order valence-electron chi connectivity index (χ1n) is 6.72. The summed E-state index contributed by atoms with van der Waals surface area (Å²) in [5, 5.41) is 14.5. The molecule has 0 aromatic heterocycles. The van der Waals surface area contributed by atoms with Crippen LogP contribution in [0.1, 0.15) is 33.1 Å². The lowest BCUT2D eigenvalue weighted by molar-refractivity contribution is 0.415. The number of nitriles is 1. The third-order valence-corrected chi connectivity index (χ3v) is 5.10. The van der Waals surface area contributed by atoms with E-state index in [1.54, 1.807) is 17.8 Å². The molecule has 2 nitrogen and oxygen atoms in total. The first-order chi connectivity index (χ1) is 9.42. The number of rotatable bonds is 6. The summed E-state index contributed by atoms with van der Waals surface area (Å²) >= 11 is 13.8. The number of halogens is 2. The van der Waals surface area contributed by atoms with Crippen molar-refractivity contribution in [3.05, 3.63) is 28.2 Å². The molecule has 0 amide bonds. The molecule has 1 aromatic rings. The van der Waals surface area contributed by atoms with Gasteiger partial charge in [0.05, 0.1) is 11.1 Å². The Morgan fingerprint density at radius 3 is 2.80 bits per heavy atom. The fourth-order valence-corrected chi connectivity index (χ4v) is 3.93. The fraction of sp³-hybridized carbons (Fsp3) is 0.533. The molecule has 5 heteroatoms. The quantitative estimate of drug-likeness (QED) is 0.754. The molecule has 1 aliphatic rings. The van der Waals surface area contributed by atoms with E-state index in [-0.39, 0.29) is 5.25 Å². The van der Waals surface area contributed by atoms with Gasteiger partial charge in [-0.05, 0) is 44.4 Å². The van der Waals surface area contributed by atoms with Gasteiger partial charge in [-0.15, -0.1) is 11.8 Å². The molecule has 0 radical (unpaired) electrons. The molecule has 108 valence electrons. The van der Waals surface area contributed by atoms with Crippen molar-refractivity contribution in [2.45, 2.75) is 54.8 Å². The maximum atomic E-state index is 9.41. The zero-order chi connectivity index (χ0) is 14.8. The zero-order valence-corrected chi connectivity index (χ0v) is 13.9. The van der Waals surface area contributed by atoms with Crippen molar-refractivity contribution in [2.75, 3.05) is 0 Å². The number of nitrogens with one attached hydrogen (secondary N) is 1. The first-order valence-corrected chi connectivity index (χ1v) is 8.36. The molecule has 2 atom stereocenters. The van der Waals surface area contributed by atoms with Crippen LogP contribution in [0, 0.1) is 11.3 Å². The number of hydrogen-bond acceptors (Lipinski definition) is 3. The minimum Gasteiger partial charge on any atom is -0.297 e. The molecule has 0 spiro atoms. The largest absolute Gasteiger partial charge is 0.297 e. The van der Waals surface area contributed by atoms with E-state index < -0.39 is 5.54 Å². The summed E-state index contributed by atoms with van der Waals surface area (Å²) in [6.07, 6.45) is 3.13. The second-order valence-corrected chi connectivity index (χ2v) is 7.89. The van der Waals surface area contributed by atoms with Crippen molar-refractivity contribution in [3.8, 4) is 6.07 Å². The van der Waals surface area contributed by atoms with E-state index in [0.29, 0.717) is 16.1 Å². The summed E-state index contributed by atoms with van der Waals surface area (Å²) in [4.78, 5) is 0.971. The number of hydrogen-bond donors (Lipinski definition) is 1. The standard InChI is InChI=1S/C15H18Cl2N2S/c1-10(8-15(2,9-18)19-12-4-5-12)20-14-7-11(16)3-6-13(14)17/h3,6-7,10,12,19H,4-5,8H2,1-2H3. The molecule has 2 rings (SSSR count). The highest BCUT2D eigenvalue weighted by Crippen LogP contribution is 2.35. The average molecular weight is 329 g/mol. The lowest BCUT2D eigenvalue weighted by atomic mass is 9.98. The average Bonchev–Trinajstić information content (AvgIpc) is 3.17. The van der Waals surface area contributed by atoms with Crippen LogP contribution in [0.15, 0.2) is 23.1 Å². The second kappa shape index (κ2) is 6.58. The van der Waals surface area contributed by atoms with Crippen LogP contribution in [0.25, 0.3) is 0 Å². The topological polar surface area (TPSA) is 35.8 Å². The van der Waals surface area contributed by atoms with E-state index in [2.05, 4.69) is 18.3 Å². The van der Waals surface area contributed by atoms with Crippen LogP contribution >= 0.6 is 35.0 Å². The third kappa shape index (κ3) is 4.56. The Kier molecular flexibility index (Phi) is 5.25. The summed E-state index contributed by atoms with van der Waals surface area (Å²) in [5.41, 5.74) is -0.474. The van der Waals surface area contributed by atoms with E-state index in [1.807, 2.05) is 19.1 Å². The highest BCUT2D eigenvalue weighted by molar-refractivity contribution is 8.00. The van der Waals surface area contributed by atoms with Crippen molar-refractivity contribution in [1.29, 1.82) is 5.26 Å². The molecule has 1 saturated carbocycles. The predicted octanol–water partition coefficient (Wildman–Crippen LogP) is 4.90. The smallest absolute Gasteiger partial charge is 0.105 e.